The molecular weight excluding hydrogens is 348 g/mol. The van der Waals surface area contributed by atoms with Crippen LogP contribution in [0.3, 0.4) is 0 Å². The molecule has 2 aromatic rings. The Morgan fingerprint density at radius 1 is 1.08 bits per heavy atom. The molecule has 6 heteroatoms. The van der Waals surface area contributed by atoms with Crippen molar-refractivity contribution in [1.82, 2.24) is 15.5 Å². The van der Waals surface area contributed by atoms with E-state index in [1.54, 1.807) is 0 Å². The number of rotatable bonds is 5. The molecule has 1 aliphatic carbocycles. The van der Waals surface area contributed by atoms with Crippen molar-refractivity contribution in [3.63, 3.8) is 0 Å². The molecule has 0 radical (unpaired) electrons. The molecule has 1 amide bonds. The van der Waals surface area contributed by atoms with E-state index in [1.807, 2.05) is 24.3 Å². The van der Waals surface area contributed by atoms with Crippen LogP contribution in [0, 0.1) is 5.92 Å². The van der Waals surface area contributed by atoms with Crippen molar-refractivity contribution in [2.75, 3.05) is 18.0 Å². The Morgan fingerprint density at radius 2 is 1.85 bits per heavy atom. The summed E-state index contributed by atoms with van der Waals surface area (Å²) in [5.41, 5.74) is 2.06. The van der Waals surface area contributed by atoms with Gasteiger partial charge in [0.05, 0.1) is 5.69 Å². The lowest BCUT2D eigenvalue weighted by atomic mass is 9.96. The number of benzene rings is 1. The molecule has 1 saturated heterocycles. The number of nitrogens with one attached hydrogen (secondary N) is 1. The Bertz CT molecular complexity index is 768. The zero-order valence-corrected chi connectivity index (χ0v) is 15.5. The maximum atomic E-state index is 12.5. The number of amides is 1. The minimum Gasteiger partial charge on any atom is -0.355 e. The summed E-state index contributed by atoms with van der Waals surface area (Å²) in [6.45, 7) is 2.15. The van der Waals surface area contributed by atoms with Crippen LogP contribution in [0.1, 0.15) is 42.9 Å². The van der Waals surface area contributed by atoms with E-state index in [1.165, 1.54) is 12.8 Å². The van der Waals surface area contributed by atoms with Gasteiger partial charge >= 0.3 is 0 Å². The Kier molecular flexibility index (Phi) is 5.07. The van der Waals surface area contributed by atoms with Gasteiger partial charge in [0, 0.05) is 36.5 Å². The first-order valence-corrected chi connectivity index (χ1v) is 9.68. The molecule has 136 valence electrons. The smallest absolute Gasteiger partial charge is 0.223 e. The average molecular weight is 371 g/mol. The van der Waals surface area contributed by atoms with Gasteiger partial charge in [0.15, 0.2) is 5.82 Å². The molecular formula is C20H23ClN4O. The van der Waals surface area contributed by atoms with Gasteiger partial charge in [0.1, 0.15) is 0 Å². The van der Waals surface area contributed by atoms with Crippen molar-refractivity contribution in [3.8, 4) is 0 Å². The Labute approximate surface area is 158 Å². The summed E-state index contributed by atoms with van der Waals surface area (Å²) in [4.78, 5) is 14.7. The lowest BCUT2D eigenvalue weighted by Crippen LogP contribution is -2.40. The Hall–Kier alpha value is -2.14. The second kappa shape index (κ2) is 7.62. The highest BCUT2D eigenvalue weighted by Crippen LogP contribution is 2.38. The first-order valence-electron chi connectivity index (χ1n) is 9.30. The predicted molar refractivity (Wildman–Crippen MR) is 102 cm³/mol. The number of aromatic nitrogens is 2. The molecule has 2 aliphatic rings. The van der Waals surface area contributed by atoms with Crippen molar-refractivity contribution in [2.45, 2.75) is 38.1 Å². The number of carbonyl (C=O) groups excluding carboxylic acids is 1. The third-order valence-corrected chi connectivity index (χ3v) is 5.64. The maximum Gasteiger partial charge on any atom is 0.223 e. The third-order valence-electron chi connectivity index (χ3n) is 5.27. The molecule has 1 aromatic carbocycles. The monoisotopic (exact) mass is 370 g/mol. The molecule has 0 spiro atoms. The number of anilines is 1. The molecule has 0 unspecified atom stereocenters. The van der Waals surface area contributed by atoms with E-state index >= 15 is 0 Å². The minimum absolute atomic E-state index is 0.0486. The van der Waals surface area contributed by atoms with Crippen molar-refractivity contribution >= 4 is 23.3 Å². The molecule has 0 bridgehead atoms. The van der Waals surface area contributed by atoms with Crippen molar-refractivity contribution < 1.29 is 4.79 Å². The summed E-state index contributed by atoms with van der Waals surface area (Å²) in [6, 6.07) is 11.8. The summed E-state index contributed by atoms with van der Waals surface area (Å²) in [5.74, 6) is 1.71. The van der Waals surface area contributed by atoms with Gasteiger partial charge in [-0.25, -0.2) is 0 Å². The van der Waals surface area contributed by atoms with Gasteiger partial charge in [0.25, 0.3) is 0 Å². The number of hydrogen-bond donors (Lipinski definition) is 1. The van der Waals surface area contributed by atoms with E-state index in [0.717, 1.165) is 43.0 Å². The second-order valence-electron chi connectivity index (χ2n) is 7.16. The van der Waals surface area contributed by atoms with Gasteiger partial charge in [-0.1, -0.05) is 29.8 Å². The van der Waals surface area contributed by atoms with E-state index in [-0.39, 0.29) is 11.8 Å². The highest BCUT2D eigenvalue weighted by Gasteiger charge is 2.27. The van der Waals surface area contributed by atoms with Gasteiger partial charge < -0.3 is 10.2 Å². The second-order valence-corrected chi connectivity index (χ2v) is 7.57. The van der Waals surface area contributed by atoms with E-state index in [9.17, 15) is 4.79 Å². The quantitative estimate of drug-likeness (QED) is 0.874. The standard InChI is InChI=1S/C20H23ClN4O/c21-17-4-2-1-3-16(17)13-22-20(26)15-9-11-25(12-10-15)19-8-7-18(23-24-19)14-5-6-14/h1-4,7-8,14-15H,5-6,9-13H2,(H,22,26). The summed E-state index contributed by atoms with van der Waals surface area (Å²) in [6.07, 6.45) is 4.15. The van der Waals surface area contributed by atoms with E-state index in [4.69, 9.17) is 11.6 Å². The third kappa shape index (κ3) is 3.98. The number of piperidine rings is 1. The summed E-state index contributed by atoms with van der Waals surface area (Å²) in [5, 5.41) is 12.4. The molecule has 4 rings (SSSR count). The van der Waals surface area contributed by atoms with Crippen LogP contribution in [0.2, 0.25) is 5.02 Å². The lowest BCUT2D eigenvalue weighted by Gasteiger charge is -2.31. The average Bonchev–Trinajstić information content (AvgIpc) is 3.53. The number of nitrogens with zero attached hydrogens (tertiary/aromatic N) is 3. The van der Waals surface area contributed by atoms with Crippen LogP contribution >= 0.6 is 11.6 Å². The van der Waals surface area contributed by atoms with Crippen LogP contribution in [0.25, 0.3) is 0 Å². The van der Waals surface area contributed by atoms with Crippen LogP contribution < -0.4 is 10.2 Å². The Morgan fingerprint density at radius 3 is 2.50 bits per heavy atom. The number of carbonyl (C=O) groups is 1. The molecule has 2 heterocycles. The highest BCUT2D eigenvalue weighted by atomic mass is 35.5. The van der Waals surface area contributed by atoms with Gasteiger partial charge in [-0.05, 0) is 49.4 Å². The van der Waals surface area contributed by atoms with Gasteiger partial charge in [-0.3, -0.25) is 4.79 Å². The van der Waals surface area contributed by atoms with Crippen LogP contribution in [0.5, 0.6) is 0 Å². The molecule has 1 aliphatic heterocycles. The van der Waals surface area contributed by atoms with E-state index in [2.05, 4.69) is 32.5 Å². The van der Waals surface area contributed by atoms with Crippen LogP contribution in [0.4, 0.5) is 5.82 Å². The first-order chi connectivity index (χ1) is 12.7. The predicted octanol–water partition coefficient (Wildman–Crippen LogP) is 3.54. The van der Waals surface area contributed by atoms with Gasteiger partial charge in [0.2, 0.25) is 5.91 Å². The SMILES string of the molecule is O=C(NCc1ccccc1Cl)C1CCN(c2ccc(C3CC3)nn2)CC1. The largest absolute Gasteiger partial charge is 0.355 e. The fourth-order valence-electron chi connectivity index (χ4n) is 3.44. The molecule has 2 fully saturated rings. The summed E-state index contributed by atoms with van der Waals surface area (Å²) in [7, 11) is 0. The Balaban J connectivity index is 1.27. The molecule has 0 atom stereocenters. The lowest BCUT2D eigenvalue weighted by molar-refractivity contribution is -0.125. The van der Waals surface area contributed by atoms with E-state index < -0.39 is 0 Å². The molecule has 1 saturated carbocycles. The van der Waals surface area contributed by atoms with Crippen LogP contribution in [-0.4, -0.2) is 29.2 Å². The summed E-state index contributed by atoms with van der Waals surface area (Å²) < 4.78 is 0. The van der Waals surface area contributed by atoms with Crippen LogP contribution in [-0.2, 0) is 11.3 Å². The zero-order valence-electron chi connectivity index (χ0n) is 14.7. The van der Waals surface area contributed by atoms with Crippen molar-refractivity contribution in [1.29, 1.82) is 0 Å². The van der Waals surface area contributed by atoms with E-state index in [0.29, 0.717) is 17.5 Å². The molecule has 26 heavy (non-hydrogen) atoms. The normalized spacial score (nSPS) is 18.0. The zero-order chi connectivity index (χ0) is 17.9. The van der Waals surface area contributed by atoms with Gasteiger partial charge in [-0.15, -0.1) is 5.10 Å². The van der Waals surface area contributed by atoms with Gasteiger partial charge in [-0.2, -0.15) is 5.10 Å². The van der Waals surface area contributed by atoms with Crippen LogP contribution in [0.15, 0.2) is 36.4 Å². The maximum absolute atomic E-state index is 12.5. The topological polar surface area (TPSA) is 58.1 Å². The minimum atomic E-state index is 0.0486. The first kappa shape index (κ1) is 17.3. The van der Waals surface area contributed by atoms with Crippen molar-refractivity contribution in [2.24, 2.45) is 5.92 Å². The summed E-state index contributed by atoms with van der Waals surface area (Å²) >= 11 is 6.14. The fraction of sp³-hybridized carbons (Fsp3) is 0.450. The fourth-order valence-corrected chi connectivity index (χ4v) is 3.64. The molecule has 1 N–H and O–H groups in total. The number of hydrogen-bond acceptors (Lipinski definition) is 4. The number of halogens is 1. The molecule has 1 aromatic heterocycles. The highest BCUT2D eigenvalue weighted by molar-refractivity contribution is 6.31. The molecule has 5 nitrogen and oxygen atoms in total. The van der Waals surface area contributed by atoms with Crippen molar-refractivity contribution in [3.05, 3.63) is 52.7 Å².